The van der Waals surface area contributed by atoms with Crippen LogP contribution in [-0.4, -0.2) is 28.6 Å². The summed E-state index contributed by atoms with van der Waals surface area (Å²) >= 11 is 3.05. The van der Waals surface area contributed by atoms with Crippen molar-refractivity contribution in [3.8, 4) is 10.6 Å². The van der Waals surface area contributed by atoms with Crippen LogP contribution in [0.5, 0.6) is 0 Å². The van der Waals surface area contributed by atoms with Gasteiger partial charge in [-0.1, -0.05) is 13.8 Å². The van der Waals surface area contributed by atoms with Gasteiger partial charge in [-0.15, -0.1) is 11.3 Å². The number of nitrogens with zero attached hydrogens (tertiary/aromatic N) is 1. The number of thiazole rings is 1. The largest absolute Gasteiger partial charge is 0.391 e. The number of nitrogens with one attached hydrogen (secondary N) is 1. The fourth-order valence-electron chi connectivity index (χ4n) is 1.42. The minimum absolute atomic E-state index is 0.122. The Kier molecular flexibility index (Phi) is 4.68. The normalized spacial score (nSPS) is 12.6. The van der Waals surface area contributed by atoms with Gasteiger partial charge in [0.1, 0.15) is 10.7 Å². The molecule has 2 aromatic rings. The molecule has 102 valence electrons. The Morgan fingerprint density at radius 1 is 1.47 bits per heavy atom. The van der Waals surface area contributed by atoms with Crippen molar-refractivity contribution >= 4 is 28.6 Å². The van der Waals surface area contributed by atoms with Crippen LogP contribution in [0.4, 0.5) is 0 Å². The van der Waals surface area contributed by atoms with Gasteiger partial charge in [0.25, 0.3) is 5.91 Å². The van der Waals surface area contributed by atoms with E-state index in [0.717, 1.165) is 10.6 Å². The van der Waals surface area contributed by atoms with Gasteiger partial charge < -0.3 is 10.4 Å². The molecule has 1 atom stereocenters. The molecule has 0 spiro atoms. The molecule has 1 amide bonds. The molecule has 0 aliphatic carbocycles. The quantitative estimate of drug-likeness (QED) is 0.891. The van der Waals surface area contributed by atoms with Crippen LogP contribution in [0.3, 0.4) is 0 Å². The van der Waals surface area contributed by atoms with Crippen molar-refractivity contribution in [3.05, 3.63) is 27.9 Å². The summed E-state index contributed by atoms with van der Waals surface area (Å²) in [4.78, 5) is 16.2. The molecule has 2 rings (SSSR count). The number of thiophene rings is 1. The highest BCUT2D eigenvalue weighted by atomic mass is 32.1. The topological polar surface area (TPSA) is 62.2 Å². The lowest BCUT2D eigenvalue weighted by molar-refractivity contribution is 0.0868. The zero-order valence-corrected chi connectivity index (χ0v) is 12.4. The smallest absolute Gasteiger partial charge is 0.270 e. The van der Waals surface area contributed by atoms with Crippen LogP contribution < -0.4 is 5.32 Å². The molecule has 1 unspecified atom stereocenters. The Morgan fingerprint density at radius 3 is 2.89 bits per heavy atom. The maximum absolute atomic E-state index is 11.9. The molecule has 0 saturated heterocycles. The van der Waals surface area contributed by atoms with Crippen molar-refractivity contribution in [3.63, 3.8) is 0 Å². The predicted molar refractivity (Wildman–Crippen MR) is 78.6 cm³/mol. The van der Waals surface area contributed by atoms with Crippen LogP contribution in [0, 0.1) is 5.92 Å². The predicted octanol–water partition coefficient (Wildman–Crippen LogP) is 2.62. The number of carbonyl (C=O) groups is 1. The molecule has 2 N–H and O–H groups in total. The van der Waals surface area contributed by atoms with Gasteiger partial charge in [-0.2, -0.15) is 11.3 Å². The molecule has 19 heavy (non-hydrogen) atoms. The van der Waals surface area contributed by atoms with E-state index in [1.165, 1.54) is 11.3 Å². The summed E-state index contributed by atoms with van der Waals surface area (Å²) in [7, 11) is 0. The third kappa shape index (κ3) is 3.62. The Labute approximate surface area is 120 Å². The zero-order valence-electron chi connectivity index (χ0n) is 10.8. The van der Waals surface area contributed by atoms with Crippen LogP contribution in [0.2, 0.25) is 0 Å². The van der Waals surface area contributed by atoms with Gasteiger partial charge in [0.05, 0.1) is 6.10 Å². The average molecular weight is 296 g/mol. The van der Waals surface area contributed by atoms with Gasteiger partial charge in [-0.3, -0.25) is 4.79 Å². The third-order valence-corrected chi connectivity index (χ3v) is 4.32. The molecule has 0 radical (unpaired) electrons. The second kappa shape index (κ2) is 6.27. The maximum atomic E-state index is 11.9. The van der Waals surface area contributed by atoms with E-state index in [9.17, 15) is 9.90 Å². The Bertz CT molecular complexity index is 535. The van der Waals surface area contributed by atoms with E-state index in [4.69, 9.17) is 0 Å². The highest BCUT2D eigenvalue weighted by Crippen LogP contribution is 2.25. The lowest BCUT2D eigenvalue weighted by Crippen LogP contribution is -2.34. The number of aromatic nitrogens is 1. The molecule has 0 saturated carbocycles. The number of aliphatic hydroxyl groups is 1. The first-order chi connectivity index (χ1) is 9.08. The molecular formula is C13H16N2O2S2. The molecule has 6 heteroatoms. The standard InChI is InChI=1S/C13H16N2O2S2/c1-8(2)11(16)5-14-12(17)10-7-19-13(15-10)9-3-4-18-6-9/h3-4,6-8,11,16H,5H2,1-2H3,(H,14,17). The van der Waals surface area contributed by atoms with E-state index in [1.54, 1.807) is 16.7 Å². The minimum atomic E-state index is -0.529. The molecule has 0 aliphatic rings. The Hall–Kier alpha value is -1.24. The summed E-state index contributed by atoms with van der Waals surface area (Å²) in [5.74, 6) is -0.116. The van der Waals surface area contributed by atoms with E-state index < -0.39 is 6.10 Å². The number of hydrogen-bond donors (Lipinski definition) is 2. The summed E-state index contributed by atoms with van der Waals surface area (Å²) in [5.41, 5.74) is 1.44. The molecular weight excluding hydrogens is 280 g/mol. The Morgan fingerprint density at radius 2 is 2.26 bits per heavy atom. The fourth-order valence-corrected chi connectivity index (χ4v) is 2.93. The SMILES string of the molecule is CC(C)C(O)CNC(=O)c1csc(-c2ccsc2)n1. The first kappa shape index (κ1) is 14.2. The van der Waals surface area contributed by atoms with Crippen molar-refractivity contribution in [2.75, 3.05) is 6.54 Å². The van der Waals surface area contributed by atoms with Crippen molar-refractivity contribution in [2.45, 2.75) is 20.0 Å². The van der Waals surface area contributed by atoms with Gasteiger partial charge in [0, 0.05) is 22.9 Å². The van der Waals surface area contributed by atoms with Crippen molar-refractivity contribution < 1.29 is 9.90 Å². The van der Waals surface area contributed by atoms with Gasteiger partial charge in [0.15, 0.2) is 0 Å². The summed E-state index contributed by atoms with van der Waals surface area (Å²) in [6, 6.07) is 1.98. The van der Waals surface area contributed by atoms with Crippen LogP contribution in [0.15, 0.2) is 22.2 Å². The average Bonchev–Trinajstić information content (AvgIpc) is 3.04. The maximum Gasteiger partial charge on any atom is 0.270 e. The van der Waals surface area contributed by atoms with E-state index >= 15 is 0 Å². The highest BCUT2D eigenvalue weighted by Gasteiger charge is 2.14. The van der Waals surface area contributed by atoms with Gasteiger partial charge in [-0.05, 0) is 17.4 Å². The summed E-state index contributed by atoms with van der Waals surface area (Å²) in [5, 5.41) is 18.9. The van der Waals surface area contributed by atoms with Gasteiger partial charge in [-0.25, -0.2) is 4.98 Å². The number of carbonyl (C=O) groups excluding carboxylic acids is 1. The van der Waals surface area contributed by atoms with E-state index in [1.807, 2.05) is 30.7 Å². The highest BCUT2D eigenvalue weighted by molar-refractivity contribution is 7.14. The minimum Gasteiger partial charge on any atom is -0.391 e. The van der Waals surface area contributed by atoms with Crippen LogP contribution in [0.1, 0.15) is 24.3 Å². The zero-order chi connectivity index (χ0) is 13.8. The molecule has 2 heterocycles. The van der Waals surface area contributed by atoms with Crippen LogP contribution >= 0.6 is 22.7 Å². The fraction of sp³-hybridized carbons (Fsp3) is 0.385. The van der Waals surface area contributed by atoms with Crippen LogP contribution in [0.25, 0.3) is 10.6 Å². The van der Waals surface area contributed by atoms with E-state index in [0.29, 0.717) is 5.69 Å². The first-order valence-electron chi connectivity index (χ1n) is 6.02. The van der Waals surface area contributed by atoms with Gasteiger partial charge >= 0.3 is 0 Å². The van der Waals surface area contributed by atoms with E-state index in [-0.39, 0.29) is 18.4 Å². The summed E-state index contributed by atoms with van der Waals surface area (Å²) in [6.45, 7) is 4.07. The molecule has 4 nitrogen and oxygen atoms in total. The number of aliphatic hydroxyl groups excluding tert-OH is 1. The monoisotopic (exact) mass is 296 g/mol. The molecule has 0 aliphatic heterocycles. The summed E-state index contributed by atoms with van der Waals surface area (Å²) in [6.07, 6.45) is -0.529. The number of amides is 1. The number of hydrogen-bond acceptors (Lipinski definition) is 5. The molecule has 0 aromatic carbocycles. The Balaban J connectivity index is 1.97. The van der Waals surface area contributed by atoms with Crippen molar-refractivity contribution in [2.24, 2.45) is 5.92 Å². The summed E-state index contributed by atoms with van der Waals surface area (Å²) < 4.78 is 0. The van der Waals surface area contributed by atoms with Crippen molar-refractivity contribution in [1.29, 1.82) is 0 Å². The third-order valence-electron chi connectivity index (χ3n) is 2.75. The molecule has 0 fully saturated rings. The van der Waals surface area contributed by atoms with Gasteiger partial charge in [0.2, 0.25) is 0 Å². The van der Waals surface area contributed by atoms with E-state index in [2.05, 4.69) is 10.3 Å². The number of rotatable bonds is 5. The lowest BCUT2D eigenvalue weighted by atomic mass is 10.1. The van der Waals surface area contributed by atoms with Crippen LogP contribution in [-0.2, 0) is 0 Å². The second-order valence-electron chi connectivity index (χ2n) is 4.57. The second-order valence-corrected chi connectivity index (χ2v) is 6.21. The molecule has 0 bridgehead atoms. The first-order valence-corrected chi connectivity index (χ1v) is 7.84. The molecule has 2 aromatic heterocycles. The van der Waals surface area contributed by atoms with Crippen molar-refractivity contribution in [1.82, 2.24) is 10.3 Å². The lowest BCUT2D eigenvalue weighted by Gasteiger charge is -2.14.